The van der Waals surface area contributed by atoms with Gasteiger partial charge in [0.15, 0.2) is 5.96 Å². The molecule has 0 saturated carbocycles. The van der Waals surface area contributed by atoms with Crippen molar-refractivity contribution in [3.05, 3.63) is 18.2 Å². The van der Waals surface area contributed by atoms with E-state index < -0.39 is 72.8 Å². The van der Waals surface area contributed by atoms with Crippen LogP contribution in [0.15, 0.2) is 17.5 Å². The van der Waals surface area contributed by atoms with Crippen molar-refractivity contribution in [3.8, 4) is 0 Å². The molecule has 250 valence electrons. The van der Waals surface area contributed by atoms with Crippen molar-refractivity contribution in [2.45, 2.75) is 76.5 Å². The molecule has 0 aromatic carbocycles. The maximum atomic E-state index is 13.0. The third-order valence-electron chi connectivity index (χ3n) is 7.42. The fraction of sp³-hybridized carbons (Fsp3) is 0.630. The summed E-state index contributed by atoms with van der Waals surface area (Å²) in [6.07, 6.45) is 5.03. The first-order valence-corrected chi connectivity index (χ1v) is 14.8. The van der Waals surface area contributed by atoms with E-state index in [1.54, 1.807) is 13.1 Å². The highest BCUT2D eigenvalue weighted by molar-refractivity contribution is 5.94. The Balaban J connectivity index is 1.87. The van der Waals surface area contributed by atoms with E-state index >= 15 is 0 Å². The normalized spacial score (nSPS) is 16.9. The van der Waals surface area contributed by atoms with Crippen LogP contribution in [0.1, 0.15) is 51.6 Å². The van der Waals surface area contributed by atoms with Gasteiger partial charge in [0.25, 0.3) is 0 Å². The van der Waals surface area contributed by atoms with Crippen LogP contribution in [0.25, 0.3) is 0 Å². The number of aromatic amines is 1. The Morgan fingerprint density at radius 1 is 1.13 bits per heavy atom. The third kappa shape index (κ3) is 12.0. The molecule has 1 saturated heterocycles. The number of aliphatic carboxylic acids is 1. The zero-order chi connectivity index (χ0) is 33.5. The molecule has 2 rings (SSSR count). The molecule has 18 heteroatoms. The van der Waals surface area contributed by atoms with Crippen LogP contribution in [0.5, 0.6) is 0 Å². The van der Waals surface area contributed by atoms with E-state index in [9.17, 15) is 33.9 Å². The van der Waals surface area contributed by atoms with Gasteiger partial charge in [-0.15, -0.1) is 0 Å². The van der Waals surface area contributed by atoms with Gasteiger partial charge in [0.2, 0.25) is 29.5 Å². The number of carbonyl (C=O) groups excluding carboxylic acids is 5. The number of rotatable bonds is 18. The number of hydrogen-bond acceptors (Lipinski definition) is 9. The van der Waals surface area contributed by atoms with Gasteiger partial charge in [0.05, 0.1) is 25.5 Å². The summed E-state index contributed by atoms with van der Waals surface area (Å²) in [6, 6.07) is -3.95. The van der Waals surface area contributed by atoms with Crippen LogP contribution < -0.4 is 38.5 Å². The quantitative estimate of drug-likeness (QED) is 0.0436. The summed E-state index contributed by atoms with van der Waals surface area (Å²) in [5, 5.41) is 19.4. The Hall–Kier alpha value is -4.74. The van der Waals surface area contributed by atoms with Crippen molar-refractivity contribution >= 4 is 41.5 Å². The number of carboxylic acids is 1. The van der Waals surface area contributed by atoms with Gasteiger partial charge in [0.1, 0.15) is 18.1 Å². The fourth-order valence-corrected chi connectivity index (χ4v) is 4.69. The lowest BCUT2D eigenvalue weighted by atomic mass is 9.97. The van der Waals surface area contributed by atoms with Crippen molar-refractivity contribution < 1.29 is 33.9 Å². The van der Waals surface area contributed by atoms with E-state index in [1.807, 2.05) is 6.92 Å². The van der Waals surface area contributed by atoms with Gasteiger partial charge >= 0.3 is 5.97 Å². The van der Waals surface area contributed by atoms with E-state index in [2.05, 4.69) is 36.2 Å². The molecule has 1 aliphatic rings. The second-order valence-electron chi connectivity index (χ2n) is 10.8. The largest absolute Gasteiger partial charge is 0.480 e. The molecule has 45 heavy (non-hydrogen) atoms. The molecule has 12 N–H and O–H groups in total. The number of amides is 5. The molecule has 0 bridgehead atoms. The minimum Gasteiger partial charge on any atom is -0.480 e. The number of aliphatic imine (C=N–C) groups is 1. The number of likely N-dealkylation sites (tertiary alicyclic amines) is 1. The van der Waals surface area contributed by atoms with Crippen LogP contribution in [0.3, 0.4) is 0 Å². The molecular weight excluding hydrogens is 590 g/mol. The predicted octanol–water partition coefficient (Wildman–Crippen LogP) is -3.34. The van der Waals surface area contributed by atoms with Crippen LogP contribution in [-0.2, 0) is 35.2 Å². The van der Waals surface area contributed by atoms with Crippen LogP contribution in [0.4, 0.5) is 0 Å². The van der Waals surface area contributed by atoms with E-state index in [0.29, 0.717) is 31.4 Å². The second-order valence-corrected chi connectivity index (χ2v) is 10.8. The Kier molecular flexibility index (Phi) is 14.7. The zero-order valence-electron chi connectivity index (χ0n) is 25.6. The van der Waals surface area contributed by atoms with Gasteiger partial charge in [-0.1, -0.05) is 20.3 Å². The van der Waals surface area contributed by atoms with E-state index in [1.165, 1.54) is 11.2 Å². The molecule has 0 aliphatic carbocycles. The first-order chi connectivity index (χ1) is 21.3. The van der Waals surface area contributed by atoms with E-state index in [4.69, 9.17) is 17.2 Å². The van der Waals surface area contributed by atoms with Crippen LogP contribution in [0.2, 0.25) is 0 Å². The summed E-state index contributed by atoms with van der Waals surface area (Å²) in [7, 11) is 0. The predicted molar refractivity (Wildman–Crippen MR) is 162 cm³/mol. The molecule has 1 fully saturated rings. The molecule has 1 aromatic rings. The maximum absolute atomic E-state index is 13.0. The lowest BCUT2D eigenvalue weighted by Crippen LogP contribution is -2.56. The monoisotopic (exact) mass is 635 g/mol. The first kappa shape index (κ1) is 36.5. The molecule has 0 radical (unpaired) electrons. The Morgan fingerprint density at radius 3 is 2.49 bits per heavy atom. The Morgan fingerprint density at radius 2 is 1.87 bits per heavy atom. The highest BCUT2D eigenvalue weighted by atomic mass is 16.4. The summed E-state index contributed by atoms with van der Waals surface area (Å²) >= 11 is 0. The van der Waals surface area contributed by atoms with Gasteiger partial charge in [-0.25, -0.2) is 9.78 Å². The van der Waals surface area contributed by atoms with Crippen molar-refractivity contribution in [3.63, 3.8) is 0 Å². The van der Waals surface area contributed by atoms with Gasteiger partial charge < -0.3 is 53.5 Å². The standard InChI is InChI=1S/C27H45N11O7/c1-3-15(2)22(37-23(41)17(28)10-16-11-31-14-35-16)25(43)34-13-21(40)38-9-5-7-19(38)24(42)33-12-20(39)36-18(26(44)45)6-4-8-32-27(29)30/h11,14-15,17-19,22H,3-10,12-13,28H2,1-2H3,(H,31,35)(H,33,42)(H,34,43)(H,36,39)(H,37,41)(H,44,45)(H4,29,30,32)/t15-,17-,18-,19-,22-/m0/s1. The highest BCUT2D eigenvalue weighted by Gasteiger charge is 2.35. The molecule has 1 aromatic heterocycles. The number of hydrogen-bond donors (Lipinski definition) is 9. The number of carbonyl (C=O) groups is 6. The number of aromatic nitrogens is 2. The van der Waals surface area contributed by atoms with Crippen molar-refractivity contribution in [1.29, 1.82) is 0 Å². The lowest BCUT2D eigenvalue weighted by molar-refractivity contribution is -0.142. The van der Waals surface area contributed by atoms with Crippen molar-refractivity contribution in [2.24, 2.45) is 28.1 Å². The highest BCUT2D eigenvalue weighted by Crippen LogP contribution is 2.17. The summed E-state index contributed by atoms with van der Waals surface area (Å²) < 4.78 is 0. The molecule has 0 unspecified atom stereocenters. The Bertz CT molecular complexity index is 1200. The molecular formula is C27H45N11O7. The van der Waals surface area contributed by atoms with Gasteiger partial charge in [-0.05, 0) is 31.6 Å². The van der Waals surface area contributed by atoms with Gasteiger partial charge in [-0.2, -0.15) is 0 Å². The second kappa shape index (κ2) is 18.2. The maximum Gasteiger partial charge on any atom is 0.326 e. The molecule has 1 aliphatic heterocycles. The smallest absolute Gasteiger partial charge is 0.326 e. The summed E-state index contributed by atoms with van der Waals surface area (Å²) in [4.78, 5) is 87.2. The number of guanidine groups is 1. The summed E-state index contributed by atoms with van der Waals surface area (Å²) in [5.74, 6) is -4.55. The minimum absolute atomic E-state index is 0.0714. The third-order valence-corrected chi connectivity index (χ3v) is 7.42. The molecule has 18 nitrogen and oxygen atoms in total. The van der Waals surface area contributed by atoms with Crippen molar-refractivity contribution in [1.82, 2.24) is 36.1 Å². The van der Waals surface area contributed by atoms with Crippen LogP contribution >= 0.6 is 0 Å². The number of H-pyrrole nitrogens is 1. The van der Waals surface area contributed by atoms with Crippen LogP contribution in [0, 0.1) is 5.92 Å². The van der Waals surface area contributed by atoms with Crippen molar-refractivity contribution in [2.75, 3.05) is 26.2 Å². The number of nitrogens with two attached hydrogens (primary N) is 3. The topological polar surface area (TPSA) is 293 Å². The lowest BCUT2D eigenvalue weighted by Gasteiger charge is -2.27. The Labute approximate surface area is 260 Å². The van der Waals surface area contributed by atoms with Crippen LogP contribution in [-0.4, -0.2) is 112 Å². The van der Waals surface area contributed by atoms with E-state index in [-0.39, 0.29) is 37.8 Å². The van der Waals surface area contributed by atoms with Gasteiger partial charge in [-0.3, -0.25) is 29.0 Å². The molecule has 5 amide bonds. The fourth-order valence-electron chi connectivity index (χ4n) is 4.69. The van der Waals surface area contributed by atoms with Gasteiger partial charge in [0, 0.05) is 31.4 Å². The first-order valence-electron chi connectivity index (χ1n) is 14.8. The molecule has 5 atom stereocenters. The summed E-state index contributed by atoms with van der Waals surface area (Å²) in [5.41, 5.74) is 17.1. The number of carboxylic acid groups (broad SMARTS) is 1. The number of imidazole rings is 1. The summed E-state index contributed by atoms with van der Waals surface area (Å²) in [6.45, 7) is 3.20. The number of nitrogens with zero attached hydrogens (tertiary/aromatic N) is 3. The SMILES string of the molecule is CC[C@H](C)[C@H](NC(=O)[C@@H](N)Cc1cnc[nH]1)C(=O)NCC(=O)N1CCC[C@H]1C(=O)NCC(=O)N[C@@H](CCCN=C(N)N)C(=O)O. The average Bonchev–Trinajstić information content (AvgIpc) is 3.70. The number of nitrogens with one attached hydrogen (secondary N) is 5. The van der Waals surface area contributed by atoms with E-state index in [0.717, 1.165) is 0 Å². The zero-order valence-corrected chi connectivity index (χ0v) is 25.6. The minimum atomic E-state index is -1.25. The molecule has 0 spiro atoms. The molecule has 2 heterocycles. The average molecular weight is 636 g/mol.